The zero-order valence-corrected chi connectivity index (χ0v) is 8.92. The van der Waals surface area contributed by atoms with Crippen molar-refractivity contribution in [1.29, 1.82) is 0 Å². The lowest BCUT2D eigenvalue weighted by molar-refractivity contribution is 0.450. The predicted octanol–water partition coefficient (Wildman–Crippen LogP) is 2.05. The van der Waals surface area contributed by atoms with E-state index in [0.717, 1.165) is 0 Å². The van der Waals surface area contributed by atoms with Gasteiger partial charge in [-0.15, -0.1) is 0 Å². The molecule has 5 nitrogen and oxygen atoms in total. The van der Waals surface area contributed by atoms with E-state index in [1.165, 1.54) is 18.2 Å². The Morgan fingerprint density at radius 1 is 1.00 bits per heavy atom. The number of aromatic hydroxyl groups is 2. The minimum atomic E-state index is -0.206. The van der Waals surface area contributed by atoms with Crippen molar-refractivity contribution < 1.29 is 14.9 Å². The first-order valence-electron chi connectivity index (χ1n) is 4.91. The topological polar surface area (TPSA) is 102 Å². The number of hydrogen-bond donors (Lipinski definition) is 4. The molecule has 6 N–H and O–H groups in total. The monoisotopic (exact) mass is 232 g/mol. The van der Waals surface area contributed by atoms with Crippen molar-refractivity contribution in [2.45, 2.75) is 0 Å². The van der Waals surface area contributed by atoms with Gasteiger partial charge >= 0.3 is 0 Å². The molecule has 0 aliphatic carbocycles. The Hall–Kier alpha value is -2.56. The third-order valence-corrected chi connectivity index (χ3v) is 2.25. The molecule has 0 unspecified atom stereocenters. The predicted molar refractivity (Wildman–Crippen MR) is 65.1 cm³/mol. The Morgan fingerprint density at radius 2 is 1.76 bits per heavy atom. The number of benzene rings is 2. The van der Waals surface area contributed by atoms with E-state index in [0.29, 0.717) is 5.75 Å². The van der Waals surface area contributed by atoms with Crippen LogP contribution in [0, 0.1) is 0 Å². The van der Waals surface area contributed by atoms with Crippen LogP contribution in [0.25, 0.3) is 0 Å². The molecule has 2 aromatic carbocycles. The molecule has 0 spiro atoms. The smallest absolute Gasteiger partial charge is 0.165 e. The summed E-state index contributed by atoms with van der Waals surface area (Å²) in [5.41, 5.74) is 11.4. The molecule has 0 saturated heterocycles. The van der Waals surface area contributed by atoms with Crippen molar-refractivity contribution in [2.24, 2.45) is 0 Å². The van der Waals surface area contributed by atoms with Gasteiger partial charge in [-0.2, -0.15) is 0 Å². The highest BCUT2D eigenvalue weighted by Gasteiger charge is 2.09. The van der Waals surface area contributed by atoms with Crippen molar-refractivity contribution >= 4 is 11.4 Å². The number of hydrogen-bond acceptors (Lipinski definition) is 5. The van der Waals surface area contributed by atoms with Crippen LogP contribution in [0.4, 0.5) is 11.4 Å². The van der Waals surface area contributed by atoms with E-state index >= 15 is 0 Å². The van der Waals surface area contributed by atoms with Gasteiger partial charge in [0.2, 0.25) is 0 Å². The first-order chi connectivity index (χ1) is 8.08. The highest BCUT2D eigenvalue weighted by Crippen LogP contribution is 2.38. The molecular formula is C12H12N2O3. The standard InChI is InChI=1S/C12H12N2O3/c13-9-4-5-10(11(14)12(9)16)17-8-3-1-2-7(15)6-8/h1-6,15-16H,13-14H2. The van der Waals surface area contributed by atoms with Gasteiger partial charge in [-0.3, -0.25) is 0 Å². The summed E-state index contributed by atoms with van der Waals surface area (Å²) in [5.74, 6) is 0.576. The van der Waals surface area contributed by atoms with Gasteiger partial charge in [-0.25, -0.2) is 0 Å². The average molecular weight is 232 g/mol. The van der Waals surface area contributed by atoms with E-state index in [2.05, 4.69) is 0 Å². The molecule has 17 heavy (non-hydrogen) atoms. The quantitative estimate of drug-likeness (QED) is 0.469. The minimum Gasteiger partial charge on any atom is -0.508 e. The zero-order valence-electron chi connectivity index (χ0n) is 8.92. The highest BCUT2D eigenvalue weighted by molar-refractivity contribution is 5.73. The molecular weight excluding hydrogens is 220 g/mol. The number of ether oxygens (including phenoxy) is 1. The second-order valence-corrected chi connectivity index (χ2v) is 3.51. The highest BCUT2D eigenvalue weighted by atomic mass is 16.5. The summed E-state index contributed by atoms with van der Waals surface area (Å²) in [5, 5.41) is 18.8. The normalized spacial score (nSPS) is 10.1. The fourth-order valence-corrected chi connectivity index (χ4v) is 1.37. The van der Waals surface area contributed by atoms with Crippen LogP contribution in [-0.2, 0) is 0 Å². The van der Waals surface area contributed by atoms with E-state index in [1.807, 2.05) is 0 Å². The maximum absolute atomic E-state index is 9.54. The van der Waals surface area contributed by atoms with E-state index < -0.39 is 0 Å². The molecule has 5 heteroatoms. The van der Waals surface area contributed by atoms with Crippen molar-refractivity contribution in [2.75, 3.05) is 11.5 Å². The van der Waals surface area contributed by atoms with Crippen molar-refractivity contribution in [3.8, 4) is 23.0 Å². The molecule has 88 valence electrons. The van der Waals surface area contributed by atoms with Gasteiger partial charge in [-0.05, 0) is 24.3 Å². The van der Waals surface area contributed by atoms with Gasteiger partial charge in [0.1, 0.15) is 17.2 Å². The summed E-state index contributed by atoms with van der Waals surface area (Å²) in [6.45, 7) is 0. The van der Waals surface area contributed by atoms with Crippen LogP contribution in [0.1, 0.15) is 0 Å². The van der Waals surface area contributed by atoms with E-state index in [-0.39, 0.29) is 28.6 Å². The molecule has 0 atom stereocenters. The van der Waals surface area contributed by atoms with Gasteiger partial charge in [0.25, 0.3) is 0 Å². The van der Waals surface area contributed by atoms with Crippen LogP contribution in [0.5, 0.6) is 23.0 Å². The van der Waals surface area contributed by atoms with Crippen molar-refractivity contribution in [3.05, 3.63) is 36.4 Å². The minimum absolute atomic E-state index is 0.0633. The van der Waals surface area contributed by atoms with Gasteiger partial charge in [0.05, 0.1) is 5.69 Å². The van der Waals surface area contributed by atoms with Gasteiger partial charge in [-0.1, -0.05) is 6.07 Å². The van der Waals surface area contributed by atoms with Crippen LogP contribution < -0.4 is 16.2 Å². The molecule has 2 rings (SSSR count). The van der Waals surface area contributed by atoms with Crippen LogP contribution >= 0.6 is 0 Å². The maximum Gasteiger partial charge on any atom is 0.165 e. The largest absolute Gasteiger partial charge is 0.508 e. The summed E-state index contributed by atoms with van der Waals surface area (Å²) in [7, 11) is 0. The lowest BCUT2D eigenvalue weighted by atomic mass is 10.2. The summed E-state index contributed by atoms with van der Waals surface area (Å²) < 4.78 is 5.43. The fraction of sp³-hybridized carbons (Fsp3) is 0. The van der Waals surface area contributed by atoms with E-state index in [1.54, 1.807) is 18.2 Å². The van der Waals surface area contributed by atoms with Crippen LogP contribution in [0.15, 0.2) is 36.4 Å². The molecule has 0 aromatic heterocycles. The molecule has 0 radical (unpaired) electrons. The number of anilines is 2. The molecule has 0 fully saturated rings. The van der Waals surface area contributed by atoms with Gasteiger partial charge in [0.15, 0.2) is 11.5 Å². The third-order valence-electron chi connectivity index (χ3n) is 2.25. The van der Waals surface area contributed by atoms with Crippen LogP contribution in [-0.4, -0.2) is 10.2 Å². The lowest BCUT2D eigenvalue weighted by Gasteiger charge is -2.10. The first-order valence-corrected chi connectivity index (χ1v) is 4.91. The summed E-state index contributed by atoms with van der Waals surface area (Å²) in [6, 6.07) is 9.30. The summed E-state index contributed by atoms with van der Waals surface area (Å²) in [4.78, 5) is 0. The summed E-state index contributed by atoms with van der Waals surface area (Å²) >= 11 is 0. The molecule has 0 aliphatic heterocycles. The molecule has 2 aromatic rings. The average Bonchev–Trinajstić information content (AvgIpc) is 2.30. The number of nitrogen functional groups attached to an aromatic ring is 2. The number of rotatable bonds is 2. The van der Waals surface area contributed by atoms with Gasteiger partial charge in [0, 0.05) is 6.07 Å². The molecule has 0 saturated carbocycles. The third kappa shape index (κ3) is 2.17. The maximum atomic E-state index is 9.54. The first kappa shape index (κ1) is 10.9. The van der Waals surface area contributed by atoms with Crippen molar-refractivity contribution in [3.63, 3.8) is 0 Å². The van der Waals surface area contributed by atoms with E-state index in [4.69, 9.17) is 16.2 Å². The van der Waals surface area contributed by atoms with Gasteiger partial charge < -0.3 is 26.4 Å². The Bertz CT molecular complexity index is 555. The Kier molecular flexibility index (Phi) is 2.66. The SMILES string of the molecule is Nc1ccc(Oc2cccc(O)c2)c(N)c1O. The van der Waals surface area contributed by atoms with Crippen LogP contribution in [0.2, 0.25) is 0 Å². The Morgan fingerprint density at radius 3 is 2.47 bits per heavy atom. The Balaban J connectivity index is 2.34. The number of nitrogens with two attached hydrogens (primary N) is 2. The second-order valence-electron chi connectivity index (χ2n) is 3.51. The van der Waals surface area contributed by atoms with E-state index in [9.17, 15) is 10.2 Å². The zero-order chi connectivity index (χ0) is 12.4. The number of phenolic OH excluding ortho intramolecular Hbond substituents is 2. The summed E-state index contributed by atoms with van der Waals surface area (Å²) in [6.07, 6.45) is 0. The molecule has 0 heterocycles. The molecule has 0 bridgehead atoms. The van der Waals surface area contributed by atoms with Crippen molar-refractivity contribution in [1.82, 2.24) is 0 Å². The number of phenols is 2. The Labute approximate surface area is 97.9 Å². The molecule has 0 aliphatic rings. The second kappa shape index (κ2) is 4.13. The molecule has 0 amide bonds. The lowest BCUT2D eigenvalue weighted by Crippen LogP contribution is -1.95. The van der Waals surface area contributed by atoms with Crippen LogP contribution in [0.3, 0.4) is 0 Å². The fourth-order valence-electron chi connectivity index (χ4n) is 1.37.